The van der Waals surface area contributed by atoms with Crippen molar-refractivity contribution in [3.63, 3.8) is 0 Å². The number of rotatable bonds is 3. The van der Waals surface area contributed by atoms with Gasteiger partial charge in [-0.15, -0.1) is 12.4 Å². The number of nitrogens with one attached hydrogen (secondary N) is 1. The zero-order chi connectivity index (χ0) is 10.5. The highest BCUT2D eigenvalue weighted by molar-refractivity contribution is 5.85. The average Bonchev–Trinajstić information content (AvgIpc) is 2.30. The van der Waals surface area contributed by atoms with Gasteiger partial charge < -0.3 is 10.1 Å². The van der Waals surface area contributed by atoms with Crippen molar-refractivity contribution in [2.45, 2.75) is 25.6 Å². The SMILES string of the molecule is Cl.Fc1ccc(COC2CCNCC2)cc1. The van der Waals surface area contributed by atoms with Crippen molar-refractivity contribution in [2.24, 2.45) is 0 Å². The average molecular weight is 246 g/mol. The maximum atomic E-state index is 12.6. The lowest BCUT2D eigenvalue weighted by Crippen LogP contribution is -2.32. The molecule has 1 saturated heterocycles. The van der Waals surface area contributed by atoms with Crippen LogP contribution in [0.25, 0.3) is 0 Å². The molecule has 1 heterocycles. The topological polar surface area (TPSA) is 21.3 Å². The Bertz CT molecular complexity index is 298. The van der Waals surface area contributed by atoms with Crippen molar-refractivity contribution >= 4 is 12.4 Å². The molecule has 1 aliphatic heterocycles. The van der Waals surface area contributed by atoms with Crippen LogP contribution in [0.15, 0.2) is 24.3 Å². The molecule has 0 atom stereocenters. The number of piperidine rings is 1. The Labute approximate surface area is 102 Å². The van der Waals surface area contributed by atoms with E-state index >= 15 is 0 Å². The summed E-state index contributed by atoms with van der Waals surface area (Å²) < 4.78 is 18.4. The molecular formula is C12H17ClFNO. The Kier molecular flexibility index (Phi) is 5.74. The molecular weight excluding hydrogens is 229 g/mol. The molecule has 2 rings (SSSR count). The second-order valence-corrected chi connectivity index (χ2v) is 3.89. The molecule has 0 aromatic heterocycles. The van der Waals surface area contributed by atoms with Gasteiger partial charge in [0.1, 0.15) is 5.82 Å². The quantitative estimate of drug-likeness (QED) is 0.884. The van der Waals surface area contributed by atoms with Gasteiger partial charge in [-0.05, 0) is 43.6 Å². The van der Waals surface area contributed by atoms with Crippen LogP contribution in [0.1, 0.15) is 18.4 Å². The number of halogens is 2. The maximum absolute atomic E-state index is 12.6. The van der Waals surface area contributed by atoms with Crippen molar-refractivity contribution in [3.05, 3.63) is 35.6 Å². The Hall–Kier alpha value is -0.640. The number of hydrogen-bond donors (Lipinski definition) is 1. The van der Waals surface area contributed by atoms with Gasteiger partial charge in [-0.2, -0.15) is 0 Å². The molecule has 2 nitrogen and oxygen atoms in total. The van der Waals surface area contributed by atoms with E-state index in [1.54, 1.807) is 12.1 Å². The summed E-state index contributed by atoms with van der Waals surface area (Å²) in [5.74, 6) is -0.194. The monoisotopic (exact) mass is 245 g/mol. The van der Waals surface area contributed by atoms with Gasteiger partial charge in [0.15, 0.2) is 0 Å². The second kappa shape index (κ2) is 6.84. The molecule has 0 unspecified atom stereocenters. The van der Waals surface area contributed by atoms with Crippen molar-refractivity contribution in [1.82, 2.24) is 5.32 Å². The van der Waals surface area contributed by atoms with Gasteiger partial charge in [0.05, 0.1) is 12.7 Å². The van der Waals surface area contributed by atoms with Crippen molar-refractivity contribution in [2.75, 3.05) is 13.1 Å². The zero-order valence-electron chi connectivity index (χ0n) is 9.12. The summed E-state index contributed by atoms with van der Waals surface area (Å²) in [6, 6.07) is 6.50. The number of benzene rings is 1. The maximum Gasteiger partial charge on any atom is 0.123 e. The minimum absolute atomic E-state index is 0. The molecule has 4 heteroatoms. The minimum Gasteiger partial charge on any atom is -0.373 e. The van der Waals surface area contributed by atoms with Gasteiger partial charge in [-0.1, -0.05) is 12.1 Å². The number of hydrogen-bond acceptors (Lipinski definition) is 2. The van der Waals surface area contributed by atoms with E-state index in [1.165, 1.54) is 12.1 Å². The second-order valence-electron chi connectivity index (χ2n) is 3.89. The van der Waals surface area contributed by atoms with Crippen molar-refractivity contribution in [1.29, 1.82) is 0 Å². The summed E-state index contributed by atoms with van der Waals surface area (Å²) >= 11 is 0. The lowest BCUT2D eigenvalue weighted by Gasteiger charge is -2.22. The van der Waals surface area contributed by atoms with Gasteiger partial charge in [-0.3, -0.25) is 0 Å². The summed E-state index contributed by atoms with van der Waals surface area (Å²) in [7, 11) is 0. The summed E-state index contributed by atoms with van der Waals surface area (Å²) in [4.78, 5) is 0. The molecule has 1 N–H and O–H groups in total. The Morgan fingerprint density at radius 3 is 2.44 bits per heavy atom. The van der Waals surface area contributed by atoms with Gasteiger partial charge >= 0.3 is 0 Å². The first-order chi connectivity index (χ1) is 7.34. The molecule has 0 aliphatic carbocycles. The van der Waals surface area contributed by atoms with Crippen molar-refractivity contribution in [3.8, 4) is 0 Å². The third-order valence-electron chi connectivity index (χ3n) is 2.69. The highest BCUT2D eigenvalue weighted by Crippen LogP contribution is 2.11. The summed E-state index contributed by atoms with van der Waals surface area (Å²) in [5.41, 5.74) is 1.04. The van der Waals surface area contributed by atoms with Crippen molar-refractivity contribution < 1.29 is 9.13 Å². The molecule has 1 fully saturated rings. The van der Waals surface area contributed by atoms with Gasteiger partial charge in [0.25, 0.3) is 0 Å². The highest BCUT2D eigenvalue weighted by atomic mass is 35.5. The molecule has 0 radical (unpaired) electrons. The molecule has 1 aromatic rings. The predicted octanol–water partition coefficient (Wildman–Crippen LogP) is 2.52. The third-order valence-corrected chi connectivity index (χ3v) is 2.69. The van der Waals surface area contributed by atoms with E-state index in [-0.39, 0.29) is 18.2 Å². The van der Waals surface area contributed by atoms with E-state index in [0.29, 0.717) is 12.7 Å². The lowest BCUT2D eigenvalue weighted by molar-refractivity contribution is 0.0212. The molecule has 0 saturated carbocycles. The van der Waals surface area contributed by atoms with Gasteiger partial charge in [-0.25, -0.2) is 4.39 Å². The van der Waals surface area contributed by atoms with Crippen LogP contribution < -0.4 is 5.32 Å². The van der Waals surface area contributed by atoms with Crippen LogP contribution in [0, 0.1) is 5.82 Å². The van der Waals surface area contributed by atoms with E-state index in [2.05, 4.69) is 5.32 Å². The van der Waals surface area contributed by atoms with Crippen LogP contribution in [-0.4, -0.2) is 19.2 Å². The zero-order valence-corrected chi connectivity index (χ0v) is 9.93. The standard InChI is InChI=1S/C12H16FNO.ClH/c13-11-3-1-10(2-4-11)9-15-12-5-7-14-8-6-12;/h1-4,12,14H,5-9H2;1H. The van der Waals surface area contributed by atoms with E-state index in [9.17, 15) is 4.39 Å². The van der Waals surface area contributed by atoms with Crippen LogP contribution >= 0.6 is 12.4 Å². The molecule has 16 heavy (non-hydrogen) atoms. The van der Waals surface area contributed by atoms with Crippen LogP contribution in [0.2, 0.25) is 0 Å². The van der Waals surface area contributed by atoms with Crippen LogP contribution in [0.5, 0.6) is 0 Å². The molecule has 0 amide bonds. The Balaban J connectivity index is 0.00000128. The largest absolute Gasteiger partial charge is 0.373 e. The lowest BCUT2D eigenvalue weighted by atomic mass is 10.1. The minimum atomic E-state index is -0.194. The molecule has 1 aliphatic rings. The first-order valence-electron chi connectivity index (χ1n) is 5.41. The first kappa shape index (κ1) is 13.4. The summed E-state index contributed by atoms with van der Waals surface area (Å²) in [6.45, 7) is 2.66. The third kappa shape index (κ3) is 4.08. The van der Waals surface area contributed by atoms with E-state index in [4.69, 9.17) is 4.74 Å². The molecule has 90 valence electrons. The van der Waals surface area contributed by atoms with Crippen LogP contribution in [0.3, 0.4) is 0 Å². The fourth-order valence-electron chi connectivity index (χ4n) is 1.76. The molecule has 0 bridgehead atoms. The number of ether oxygens (including phenoxy) is 1. The van der Waals surface area contributed by atoms with Crippen LogP contribution in [0.4, 0.5) is 4.39 Å². The van der Waals surface area contributed by atoms with Gasteiger partial charge in [0.2, 0.25) is 0 Å². The fraction of sp³-hybridized carbons (Fsp3) is 0.500. The molecule has 0 spiro atoms. The Morgan fingerprint density at radius 1 is 1.19 bits per heavy atom. The highest BCUT2D eigenvalue weighted by Gasteiger charge is 2.12. The smallest absolute Gasteiger partial charge is 0.123 e. The summed E-state index contributed by atoms with van der Waals surface area (Å²) in [5, 5.41) is 3.29. The van der Waals surface area contributed by atoms with E-state index < -0.39 is 0 Å². The van der Waals surface area contributed by atoms with Gasteiger partial charge in [0, 0.05) is 0 Å². The summed E-state index contributed by atoms with van der Waals surface area (Å²) in [6.07, 6.45) is 2.50. The normalized spacial score (nSPS) is 16.8. The molecule has 1 aromatic carbocycles. The Morgan fingerprint density at radius 2 is 1.81 bits per heavy atom. The fourth-order valence-corrected chi connectivity index (χ4v) is 1.76. The van der Waals surface area contributed by atoms with E-state index in [0.717, 1.165) is 31.5 Å². The first-order valence-corrected chi connectivity index (χ1v) is 5.41. The predicted molar refractivity (Wildman–Crippen MR) is 64.3 cm³/mol. The van der Waals surface area contributed by atoms with E-state index in [1.807, 2.05) is 0 Å². The van der Waals surface area contributed by atoms with Crippen LogP contribution in [-0.2, 0) is 11.3 Å².